The van der Waals surface area contributed by atoms with Crippen molar-refractivity contribution >= 4 is 17.8 Å². The van der Waals surface area contributed by atoms with E-state index in [0.29, 0.717) is 37.0 Å². The predicted molar refractivity (Wildman–Crippen MR) is 156 cm³/mol. The Morgan fingerprint density at radius 1 is 0.950 bits per heavy atom. The predicted octanol–water partition coefficient (Wildman–Crippen LogP) is 5.53. The second kappa shape index (κ2) is 11.4. The van der Waals surface area contributed by atoms with E-state index in [1.54, 1.807) is 13.1 Å². The van der Waals surface area contributed by atoms with Gasteiger partial charge in [0.15, 0.2) is 0 Å². The minimum absolute atomic E-state index is 0.0101. The number of amides is 2. The van der Waals surface area contributed by atoms with Crippen molar-refractivity contribution in [2.75, 3.05) is 12.4 Å². The molecule has 2 aliphatic carbocycles. The number of rotatable bonds is 8. The molecule has 2 aromatic carbocycles. The zero-order valence-electron chi connectivity index (χ0n) is 23.1. The topological polar surface area (TPSA) is 124 Å². The summed E-state index contributed by atoms with van der Waals surface area (Å²) in [5, 5.41) is 28.7. The number of carboxylic acid groups (broad SMARTS) is 1. The molecule has 210 valence electrons. The molecule has 5 N–H and O–H groups in total. The highest BCUT2D eigenvalue weighted by Gasteiger charge is 2.53. The van der Waals surface area contributed by atoms with Crippen molar-refractivity contribution in [2.24, 2.45) is 5.92 Å². The van der Waals surface area contributed by atoms with Gasteiger partial charge in [0.1, 0.15) is 5.82 Å². The lowest BCUT2D eigenvalue weighted by atomic mass is 9.62. The van der Waals surface area contributed by atoms with E-state index in [4.69, 9.17) is 0 Å². The van der Waals surface area contributed by atoms with Gasteiger partial charge in [-0.05, 0) is 73.9 Å². The second-order valence-corrected chi connectivity index (χ2v) is 11.7. The Hall–Kier alpha value is -3.75. The molecule has 1 aromatic heterocycles. The first-order valence-corrected chi connectivity index (χ1v) is 14.0. The van der Waals surface area contributed by atoms with Crippen LogP contribution in [-0.4, -0.2) is 45.9 Å². The molecular formula is C32H38N4O4. The van der Waals surface area contributed by atoms with Gasteiger partial charge >= 0.3 is 6.09 Å². The first kappa shape index (κ1) is 27.8. The summed E-state index contributed by atoms with van der Waals surface area (Å²) in [6.45, 7) is 1.72. The average Bonchev–Trinajstić information content (AvgIpc) is 2.92. The third-order valence-corrected chi connectivity index (χ3v) is 8.45. The van der Waals surface area contributed by atoms with E-state index in [-0.39, 0.29) is 5.91 Å². The van der Waals surface area contributed by atoms with Gasteiger partial charge in [0, 0.05) is 37.1 Å². The van der Waals surface area contributed by atoms with Gasteiger partial charge in [-0.25, -0.2) is 9.78 Å². The van der Waals surface area contributed by atoms with Gasteiger partial charge in [0.25, 0.3) is 0 Å². The summed E-state index contributed by atoms with van der Waals surface area (Å²) in [5.74, 6) is 0.910. The van der Waals surface area contributed by atoms with Gasteiger partial charge in [-0.15, -0.1) is 0 Å². The van der Waals surface area contributed by atoms with Crippen molar-refractivity contribution in [3.63, 3.8) is 0 Å². The van der Waals surface area contributed by atoms with E-state index in [9.17, 15) is 19.8 Å². The largest absolute Gasteiger partial charge is 0.465 e. The van der Waals surface area contributed by atoms with E-state index >= 15 is 0 Å². The summed E-state index contributed by atoms with van der Waals surface area (Å²) in [6.07, 6.45) is 6.11. The fourth-order valence-electron chi connectivity index (χ4n) is 6.51. The average molecular weight is 543 g/mol. The number of aliphatic hydroxyl groups is 1. The first-order valence-electron chi connectivity index (χ1n) is 14.0. The van der Waals surface area contributed by atoms with Crippen molar-refractivity contribution in [1.29, 1.82) is 0 Å². The highest BCUT2D eigenvalue weighted by atomic mass is 16.4. The van der Waals surface area contributed by atoms with Crippen molar-refractivity contribution in [3.05, 3.63) is 72.4 Å². The molecule has 0 bridgehead atoms. The van der Waals surface area contributed by atoms with E-state index in [2.05, 4.69) is 20.9 Å². The number of anilines is 1. The van der Waals surface area contributed by atoms with Crippen LogP contribution < -0.4 is 16.0 Å². The van der Waals surface area contributed by atoms with E-state index in [1.165, 1.54) is 0 Å². The summed E-state index contributed by atoms with van der Waals surface area (Å²) >= 11 is 0. The normalized spacial score (nSPS) is 26.0. The highest BCUT2D eigenvalue weighted by Crippen LogP contribution is 2.48. The van der Waals surface area contributed by atoms with Crippen LogP contribution in [0.3, 0.4) is 0 Å². The van der Waals surface area contributed by atoms with Crippen LogP contribution in [0.1, 0.15) is 57.4 Å². The van der Waals surface area contributed by atoms with Gasteiger partial charge in [0.05, 0.1) is 11.1 Å². The number of benzene rings is 2. The number of carbonyl (C=O) groups is 2. The molecule has 2 amide bonds. The molecule has 0 aliphatic heterocycles. The first-order chi connectivity index (χ1) is 19.2. The molecule has 2 fully saturated rings. The lowest BCUT2D eigenvalue weighted by Crippen LogP contribution is -2.61. The number of hydrogen-bond acceptors (Lipinski definition) is 5. The molecule has 0 spiro atoms. The lowest BCUT2D eigenvalue weighted by Gasteiger charge is -2.51. The summed E-state index contributed by atoms with van der Waals surface area (Å²) in [6, 6.07) is 20.2. The van der Waals surface area contributed by atoms with Crippen LogP contribution in [0.15, 0.2) is 66.9 Å². The Kier molecular flexibility index (Phi) is 7.92. The smallest absolute Gasteiger partial charge is 0.405 e. The van der Waals surface area contributed by atoms with Crippen LogP contribution >= 0.6 is 0 Å². The van der Waals surface area contributed by atoms with Crippen LogP contribution in [0.2, 0.25) is 0 Å². The summed E-state index contributed by atoms with van der Waals surface area (Å²) in [5.41, 5.74) is 2.87. The minimum Gasteiger partial charge on any atom is -0.465 e. The minimum atomic E-state index is -1.11. The maximum atomic E-state index is 12.9. The maximum absolute atomic E-state index is 12.9. The SMILES string of the molecule is CN[C@H]1CC[C@H](CC(=O)Nc2cc(-c3ccccc3)c(-c3ccc([C@]4(NC(=O)O)C[C@@](C)(O)C4)cc3)cn2)CC1. The molecule has 5 rings (SSSR count). The molecule has 8 nitrogen and oxygen atoms in total. The number of pyridine rings is 1. The molecule has 0 atom stereocenters. The molecule has 3 aromatic rings. The summed E-state index contributed by atoms with van der Waals surface area (Å²) in [4.78, 5) is 29.0. The molecule has 2 aliphatic rings. The molecular weight excluding hydrogens is 504 g/mol. The van der Waals surface area contributed by atoms with Gasteiger partial charge in [-0.3, -0.25) is 4.79 Å². The van der Waals surface area contributed by atoms with E-state index in [0.717, 1.165) is 53.5 Å². The zero-order valence-corrected chi connectivity index (χ0v) is 23.1. The molecule has 8 heteroatoms. The van der Waals surface area contributed by atoms with E-state index in [1.807, 2.05) is 67.7 Å². The molecule has 1 heterocycles. The van der Waals surface area contributed by atoms with Crippen molar-refractivity contribution in [1.82, 2.24) is 15.6 Å². The summed E-state index contributed by atoms with van der Waals surface area (Å²) in [7, 11) is 2.00. The standard InChI is InChI=1S/C32H38N4O4/c1-31(40)19-32(20-31,36-30(38)39)24-12-10-23(11-13-24)27-18-34-28(17-26(27)22-6-4-3-5-7-22)35-29(37)16-21-8-14-25(33-2)15-9-21/h3-7,10-13,17-18,21,25,33,36,40H,8-9,14-16,19-20H2,1-2H3,(H,38,39)(H,34,35,37)/t21-,25-,31-,32+. The monoisotopic (exact) mass is 542 g/mol. The van der Waals surface area contributed by atoms with Crippen molar-refractivity contribution in [2.45, 2.75) is 69.1 Å². The van der Waals surface area contributed by atoms with Gasteiger partial charge in [-0.2, -0.15) is 0 Å². The second-order valence-electron chi connectivity index (χ2n) is 11.7. The molecule has 0 unspecified atom stereocenters. The molecule has 2 saturated carbocycles. The molecule has 0 radical (unpaired) electrons. The highest BCUT2D eigenvalue weighted by molar-refractivity contribution is 5.92. The fraction of sp³-hybridized carbons (Fsp3) is 0.406. The number of aromatic nitrogens is 1. The van der Waals surface area contributed by atoms with E-state index < -0.39 is 17.2 Å². The maximum Gasteiger partial charge on any atom is 0.405 e. The van der Waals surface area contributed by atoms with Crippen LogP contribution in [0.4, 0.5) is 10.6 Å². The quantitative estimate of drug-likeness (QED) is 0.255. The van der Waals surface area contributed by atoms with Crippen LogP contribution in [0.5, 0.6) is 0 Å². The number of carbonyl (C=O) groups excluding carboxylic acids is 1. The third kappa shape index (κ3) is 6.18. The fourth-order valence-corrected chi connectivity index (χ4v) is 6.51. The van der Waals surface area contributed by atoms with Gasteiger partial charge < -0.3 is 26.2 Å². The van der Waals surface area contributed by atoms with Gasteiger partial charge in [-0.1, -0.05) is 54.6 Å². The van der Waals surface area contributed by atoms with Crippen LogP contribution in [0.25, 0.3) is 22.3 Å². The molecule has 0 saturated heterocycles. The Morgan fingerprint density at radius 2 is 1.60 bits per heavy atom. The summed E-state index contributed by atoms with van der Waals surface area (Å²) < 4.78 is 0. The number of hydrogen-bond donors (Lipinski definition) is 5. The number of nitrogens with zero attached hydrogens (tertiary/aromatic N) is 1. The van der Waals surface area contributed by atoms with Gasteiger partial charge in [0.2, 0.25) is 5.91 Å². The Labute approximate surface area is 235 Å². The van der Waals surface area contributed by atoms with Crippen molar-refractivity contribution < 1.29 is 19.8 Å². The Bertz CT molecular complexity index is 1340. The van der Waals surface area contributed by atoms with Crippen LogP contribution in [0, 0.1) is 5.92 Å². The zero-order chi connectivity index (χ0) is 28.3. The van der Waals surface area contributed by atoms with Crippen molar-refractivity contribution in [3.8, 4) is 22.3 Å². The third-order valence-electron chi connectivity index (χ3n) is 8.45. The Morgan fingerprint density at radius 3 is 2.20 bits per heavy atom. The molecule has 40 heavy (non-hydrogen) atoms. The van der Waals surface area contributed by atoms with Crippen LogP contribution in [-0.2, 0) is 10.3 Å². The number of nitrogens with one attached hydrogen (secondary N) is 3. The lowest BCUT2D eigenvalue weighted by molar-refractivity contribution is -0.117. The Balaban J connectivity index is 1.37.